The van der Waals surface area contributed by atoms with Gasteiger partial charge >= 0.3 is 6.09 Å². The third kappa shape index (κ3) is 1.69. The maximum atomic E-state index is 10.7. The minimum Gasteiger partial charge on any atom is -0.465 e. The van der Waals surface area contributed by atoms with Crippen molar-refractivity contribution in [3.8, 4) is 0 Å². The monoisotopic (exact) mass is 173 g/mol. The molecule has 1 amide bonds. The fourth-order valence-corrected chi connectivity index (χ4v) is 1.69. The number of β-amino-alcohol motifs (C(OH)–C–C–N with tert-alkyl or cyclic N) is 1. The van der Waals surface area contributed by atoms with Crippen molar-refractivity contribution in [2.75, 3.05) is 6.54 Å². The predicted octanol–water partition coefficient (Wildman–Crippen LogP) is 0.756. The molecule has 0 aromatic carbocycles. The lowest BCUT2D eigenvalue weighted by atomic mass is 10.0. The van der Waals surface area contributed by atoms with Gasteiger partial charge in [0.15, 0.2) is 0 Å². The number of carbonyl (C=O) groups is 1. The van der Waals surface area contributed by atoms with Crippen LogP contribution in [0, 0.1) is 5.92 Å². The van der Waals surface area contributed by atoms with Crippen LogP contribution in [-0.4, -0.2) is 39.9 Å². The summed E-state index contributed by atoms with van der Waals surface area (Å²) in [5.74, 6) is 0.276. The number of likely N-dealkylation sites (tertiary alicyclic amines) is 1. The van der Waals surface area contributed by atoms with Crippen LogP contribution < -0.4 is 0 Å². The number of aliphatic hydroxyl groups is 1. The van der Waals surface area contributed by atoms with Crippen LogP contribution in [0.15, 0.2) is 0 Å². The average molecular weight is 173 g/mol. The largest absolute Gasteiger partial charge is 0.465 e. The lowest BCUT2D eigenvalue weighted by Crippen LogP contribution is -2.37. The number of aliphatic hydroxyl groups excluding tert-OH is 1. The number of amides is 1. The van der Waals surface area contributed by atoms with E-state index < -0.39 is 12.2 Å². The Morgan fingerprint density at radius 2 is 2.17 bits per heavy atom. The van der Waals surface area contributed by atoms with Gasteiger partial charge in [0.25, 0.3) is 0 Å². The molecule has 1 aliphatic rings. The van der Waals surface area contributed by atoms with Gasteiger partial charge in [-0.25, -0.2) is 4.79 Å². The SMILES string of the molecule is CC(C)[C@@H]1C[C@H](O)CN1C(=O)O. The molecule has 0 radical (unpaired) electrons. The van der Waals surface area contributed by atoms with Gasteiger partial charge in [-0.1, -0.05) is 13.8 Å². The first kappa shape index (κ1) is 9.32. The first-order valence-electron chi connectivity index (χ1n) is 4.20. The molecule has 2 atom stereocenters. The third-order valence-electron chi connectivity index (χ3n) is 2.34. The second kappa shape index (κ2) is 3.31. The minimum absolute atomic E-state index is 0.0162. The summed E-state index contributed by atoms with van der Waals surface area (Å²) < 4.78 is 0. The molecule has 4 nitrogen and oxygen atoms in total. The highest BCUT2D eigenvalue weighted by Gasteiger charge is 2.35. The van der Waals surface area contributed by atoms with Gasteiger partial charge in [-0.05, 0) is 12.3 Å². The Morgan fingerprint density at radius 3 is 2.50 bits per heavy atom. The summed E-state index contributed by atoms with van der Waals surface area (Å²) in [7, 11) is 0. The lowest BCUT2D eigenvalue weighted by molar-refractivity contribution is 0.124. The summed E-state index contributed by atoms with van der Waals surface area (Å²) in [5, 5.41) is 18.0. The van der Waals surface area contributed by atoms with Gasteiger partial charge < -0.3 is 15.1 Å². The quantitative estimate of drug-likeness (QED) is 0.615. The molecule has 2 N–H and O–H groups in total. The molecule has 0 aromatic rings. The maximum absolute atomic E-state index is 10.7. The normalized spacial score (nSPS) is 29.8. The van der Waals surface area contributed by atoms with Gasteiger partial charge in [-0.15, -0.1) is 0 Å². The molecule has 0 bridgehead atoms. The summed E-state index contributed by atoms with van der Waals surface area (Å²) in [6, 6.07) is -0.0162. The van der Waals surface area contributed by atoms with E-state index in [1.54, 1.807) is 0 Å². The van der Waals surface area contributed by atoms with E-state index in [4.69, 9.17) is 5.11 Å². The molecular weight excluding hydrogens is 158 g/mol. The number of carboxylic acid groups (broad SMARTS) is 1. The molecule has 12 heavy (non-hydrogen) atoms. The maximum Gasteiger partial charge on any atom is 0.407 e. The average Bonchev–Trinajstić information content (AvgIpc) is 2.31. The third-order valence-corrected chi connectivity index (χ3v) is 2.34. The molecule has 70 valence electrons. The number of hydrogen-bond acceptors (Lipinski definition) is 2. The molecule has 1 aliphatic heterocycles. The van der Waals surface area contributed by atoms with E-state index in [1.165, 1.54) is 4.90 Å². The number of hydrogen-bond donors (Lipinski definition) is 2. The first-order valence-corrected chi connectivity index (χ1v) is 4.20. The van der Waals surface area contributed by atoms with Crippen molar-refractivity contribution in [2.45, 2.75) is 32.4 Å². The van der Waals surface area contributed by atoms with Gasteiger partial charge in [0, 0.05) is 6.04 Å². The van der Waals surface area contributed by atoms with Gasteiger partial charge in [0.2, 0.25) is 0 Å². The standard InChI is InChI=1S/C8H15NO3/c1-5(2)7-3-6(10)4-9(7)8(11)12/h5-7,10H,3-4H2,1-2H3,(H,11,12)/t6-,7-/m0/s1. The van der Waals surface area contributed by atoms with Gasteiger partial charge in [-0.3, -0.25) is 0 Å². The summed E-state index contributed by atoms with van der Waals surface area (Å²) in [6.45, 7) is 4.20. The van der Waals surface area contributed by atoms with Crippen molar-refractivity contribution in [1.82, 2.24) is 4.90 Å². The topological polar surface area (TPSA) is 60.8 Å². The van der Waals surface area contributed by atoms with Crippen LogP contribution in [0.5, 0.6) is 0 Å². The van der Waals surface area contributed by atoms with Crippen LogP contribution in [0.25, 0.3) is 0 Å². The molecule has 1 heterocycles. The van der Waals surface area contributed by atoms with Crippen molar-refractivity contribution in [1.29, 1.82) is 0 Å². The zero-order chi connectivity index (χ0) is 9.30. The molecule has 1 saturated heterocycles. The van der Waals surface area contributed by atoms with Crippen LogP contribution in [-0.2, 0) is 0 Å². The fraction of sp³-hybridized carbons (Fsp3) is 0.875. The molecule has 0 spiro atoms. The summed E-state index contributed by atoms with van der Waals surface area (Å²) in [4.78, 5) is 12.0. The van der Waals surface area contributed by atoms with Crippen LogP contribution in [0.1, 0.15) is 20.3 Å². The molecule has 0 aromatic heterocycles. The van der Waals surface area contributed by atoms with E-state index in [0.29, 0.717) is 6.42 Å². The van der Waals surface area contributed by atoms with Gasteiger partial charge in [0.05, 0.1) is 12.6 Å². The Hall–Kier alpha value is -0.770. The number of rotatable bonds is 1. The smallest absolute Gasteiger partial charge is 0.407 e. The van der Waals surface area contributed by atoms with Crippen LogP contribution in [0.2, 0.25) is 0 Å². The summed E-state index contributed by atoms with van der Waals surface area (Å²) in [5.41, 5.74) is 0. The van der Waals surface area contributed by atoms with E-state index >= 15 is 0 Å². The molecular formula is C8H15NO3. The second-order valence-electron chi connectivity index (χ2n) is 3.64. The Balaban J connectivity index is 2.65. The van der Waals surface area contributed by atoms with Crippen LogP contribution in [0.3, 0.4) is 0 Å². The Bertz CT molecular complexity index is 181. The van der Waals surface area contributed by atoms with E-state index in [9.17, 15) is 9.90 Å². The van der Waals surface area contributed by atoms with Crippen molar-refractivity contribution in [3.63, 3.8) is 0 Å². The van der Waals surface area contributed by atoms with Crippen molar-refractivity contribution < 1.29 is 15.0 Å². The highest BCUT2D eigenvalue weighted by atomic mass is 16.4. The van der Waals surface area contributed by atoms with E-state index in [-0.39, 0.29) is 18.5 Å². The van der Waals surface area contributed by atoms with Crippen molar-refractivity contribution in [2.24, 2.45) is 5.92 Å². The first-order chi connectivity index (χ1) is 5.52. The fourth-order valence-electron chi connectivity index (χ4n) is 1.69. The highest BCUT2D eigenvalue weighted by Crippen LogP contribution is 2.23. The van der Waals surface area contributed by atoms with Crippen molar-refractivity contribution in [3.05, 3.63) is 0 Å². The zero-order valence-electron chi connectivity index (χ0n) is 7.40. The molecule has 0 saturated carbocycles. The van der Waals surface area contributed by atoms with E-state index in [2.05, 4.69) is 0 Å². The number of nitrogens with zero attached hydrogens (tertiary/aromatic N) is 1. The summed E-state index contributed by atoms with van der Waals surface area (Å²) >= 11 is 0. The van der Waals surface area contributed by atoms with Crippen LogP contribution >= 0.6 is 0 Å². The van der Waals surface area contributed by atoms with E-state index in [1.807, 2.05) is 13.8 Å². The summed E-state index contributed by atoms with van der Waals surface area (Å²) in [6.07, 6.45) is -0.831. The Labute approximate surface area is 71.8 Å². The van der Waals surface area contributed by atoms with Crippen molar-refractivity contribution >= 4 is 6.09 Å². The van der Waals surface area contributed by atoms with E-state index in [0.717, 1.165) is 0 Å². The highest BCUT2D eigenvalue weighted by molar-refractivity contribution is 5.66. The molecule has 0 unspecified atom stereocenters. The minimum atomic E-state index is -0.926. The molecule has 1 rings (SSSR count). The predicted molar refractivity (Wildman–Crippen MR) is 44.0 cm³/mol. The Morgan fingerprint density at radius 1 is 1.58 bits per heavy atom. The van der Waals surface area contributed by atoms with Gasteiger partial charge in [0.1, 0.15) is 0 Å². The van der Waals surface area contributed by atoms with Crippen LogP contribution in [0.4, 0.5) is 4.79 Å². The lowest BCUT2D eigenvalue weighted by Gasteiger charge is -2.23. The Kier molecular flexibility index (Phi) is 2.57. The second-order valence-corrected chi connectivity index (χ2v) is 3.64. The van der Waals surface area contributed by atoms with Gasteiger partial charge in [-0.2, -0.15) is 0 Å². The zero-order valence-corrected chi connectivity index (χ0v) is 7.40. The molecule has 0 aliphatic carbocycles. The molecule has 4 heteroatoms. The molecule has 1 fully saturated rings.